The number of hydrogen-bond acceptors (Lipinski definition) is 4. The van der Waals surface area contributed by atoms with Crippen LogP contribution in [0.3, 0.4) is 0 Å². The van der Waals surface area contributed by atoms with E-state index in [-0.39, 0.29) is 17.1 Å². The van der Waals surface area contributed by atoms with Crippen LogP contribution in [0.15, 0.2) is 46.9 Å². The van der Waals surface area contributed by atoms with Gasteiger partial charge in [-0.15, -0.1) is 0 Å². The molecule has 0 aliphatic heterocycles. The summed E-state index contributed by atoms with van der Waals surface area (Å²) in [7, 11) is 0. The van der Waals surface area contributed by atoms with Gasteiger partial charge in [0, 0.05) is 15.1 Å². The zero-order chi connectivity index (χ0) is 15.4. The average molecular weight is 370 g/mol. The summed E-state index contributed by atoms with van der Waals surface area (Å²) in [6.45, 7) is -0.413. The smallest absolute Gasteiger partial charge is 0.342 e. The highest BCUT2D eigenvalue weighted by atomic mass is 79.9. The monoisotopic (exact) mass is 368 g/mol. The molecule has 0 aromatic heterocycles. The van der Waals surface area contributed by atoms with Gasteiger partial charge >= 0.3 is 5.97 Å². The van der Waals surface area contributed by atoms with E-state index in [0.717, 1.165) is 0 Å². The van der Waals surface area contributed by atoms with Crippen LogP contribution in [-0.4, -0.2) is 23.5 Å². The lowest BCUT2D eigenvalue weighted by Gasteiger charge is -2.07. The Labute approximate surface area is 134 Å². The van der Waals surface area contributed by atoms with Crippen LogP contribution in [-0.2, 0) is 4.74 Å². The highest BCUT2D eigenvalue weighted by Crippen LogP contribution is 2.23. The molecule has 0 radical (unpaired) electrons. The van der Waals surface area contributed by atoms with Gasteiger partial charge in [0.25, 0.3) is 0 Å². The van der Waals surface area contributed by atoms with Crippen molar-refractivity contribution in [3.8, 4) is 5.75 Å². The number of rotatable bonds is 4. The largest absolute Gasteiger partial charge is 0.507 e. The number of phenols is 1. The normalized spacial score (nSPS) is 10.2. The number of phenolic OH excluding ortho intramolecular Hbond substituents is 1. The van der Waals surface area contributed by atoms with E-state index in [9.17, 15) is 14.7 Å². The molecule has 0 heterocycles. The molecule has 0 atom stereocenters. The number of aromatic hydroxyl groups is 1. The van der Waals surface area contributed by atoms with Gasteiger partial charge in [-0.25, -0.2) is 4.79 Å². The predicted molar refractivity (Wildman–Crippen MR) is 81.9 cm³/mol. The average Bonchev–Trinajstić information content (AvgIpc) is 2.45. The van der Waals surface area contributed by atoms with Crippen molar-refractivity contribution in [1.29, 1.82) is 0 Å². The first-order valence-corrected chi connectivity index (χ1v) is 7.09. The summed E-state index contributed by atoms with van der Waals surface area (Å²) in [5, 5.41) is 9.91. The van der Waals surface area contributed by atoms with Crippen molar-refractivity contribution in [1.82, 2.24) is 0 Å². The number of benzene rings is 2. The molecule has 0 spiro atoms. The Morgan fingerprint density at radius 1 is 1.14 bits per heavy atom. The molecule has 1 N–H and O–H groups in total. The van der Waals surface area contributed by atoms with E-state index < -0.39 is 12.6 Å². The van der Waals surface area contributed by atoms with E-state index >= 15 is 0 Å². The minimum absolute atomic E-state index is 0.0423. The fourth-order valence-corrected chi connectivity index (χ4v) is 2.32. The van der Waals surface area contributed by atoms with Gasteiger partial charge in [-0.05, 0) is 24.3 Å². The van der Waals surface area contributed by atoms with Crippen molar-refractivity contribution in [2.24, 2.45) is 0 Å². The molecular formula is C15H10BrClO4. The first-order valence-electron chi connectivity index (χ1n) is 5.92. The molecule has 0 fully saturated rings. The quantitative estimate of drug-likeness (QED) is 0.657. The van der Waals surface area contributed by atoms with Crippen molar-refractivity contribution in [3.63, 3.8) is 0 Å². The minimum atomic E-state index is -0.787. The van der Waals surface area contributed by atoms with Gasteiger partial charge in [0.1, 0.15) is 11.3 Å². The van der Waals surface area contributed by atoms with Gasteiger partial charge in [-0.3, -0.25) is 4.79 Å². The summed E-state index contributed by atoms with van der Waals surface area (Å²) in [6, 6.07) is 10.9. The highest BCUT2D eigenvalue weighted by molar-refractivity contribution is 9.10. The van der Waals surface area contributed by atoms with Crippen LogP contribution in [0, 0.1) is 0 Å². The summed E-state index contributed by atoms with van der Waals surface area (Å²) < 4.78 is 5.53. The SMILES string of the molecule is O=C(OCC(=O)c1ccccc1Br)c1ccc(Cl)cc1O. The first kappa shape index (κ1) is 15.5. The van der Waals surface area contributed by atoms with E-state index in [1.54, 1.807) is 24.3 Å². The standard InChI is InChI=1S/C15H10BrClO4/c16-12-4-2-1-3-10(12)14(19)8-21-15(20)11-6-5-9(17)7-13(11)18/h1-7,18H,8H2. The number of ketones is 1. The molecule has 2 aromatic carbocycles. The van der Waals surface area contributed by atoms with Gasteiger partial charge in [0.15, 0.2) is 6.61 Å². The molecule has 0 aliphatic rings. The number of halogens is 2. The van der Waals surface area contributed by atoms with Crippen LogP contribution in [0.25, 0.3) is 0 Å². The Morgan fingerprint density at radius 3 is 2.52 bits per heavy atom. The maximum atomic E-state index is 11.9. The van der Waals surface area contributed by atoms with Crippen molar-refractivity contribution in [2.75, 3.05) is 6.61 Å². The van der Waals surface area contributed by atoms with Gasteiger partial charge in [0.2, 0.25) is 5.78 Å². The van der Waals surface area contributed by atoms with Crippen molar-refractivity contribution in [2.45, 2.75) is 0 Å². The molecule has 0 unspecified atom stereocenters. The number of ether oxygens (including phenoxy) is 1. The molecule has 4 nitrogen and oxygen atoms in total. The number of carbonyl (C=O) groups excluding carboxylic acids is 2. The van der Waals surface area contributed by atoms with E-state index in [1.807, 2.05) is 0 Å². The Hall–Kier alpha value is -1.85. The van der Waals surface area contributed by atoms with Crippen LogP contribution >= 0.6 is 27.5 Å². The lowest BCUT2D eigenvalue weighted by atomic mass is 10.1. The van der Waals surface area contributed by atoms with Crippen LogP contribution in [0.2, 0.25) is 5.02 Å². The summed E-state index contributed by atoms with van der Waals surface area (Å²) in [4.78, 5) is 23.8. The zero-order valence-electron chi connectivity index (χ0n) is 10.7. The van der Waals surface area contributed by atoms with Crippen LogP contribution in [0.1, 0.15) is 20.7 Å². The number of Topliss-reactive ketones (excluding diaryl/α,β-unsaturated/α-hetero) is 1. The predicted octanol–water partition coefficient (Wildman–Crippen LogP) is 3.85. The summed E-state index contributed by atoms with van der Waals surface area (Å²) in [5.74, 6) is -1.42. The number of carbonyl (C=O) groups is 2. The fraction of sp³-hybridized carbons (Fsp3) is 0.0667. The minimum Gasteiger partial charge on any atom is -0.507 e. The molecule has 0 saturated carbocycles. The van der Waals surface area contributed by atoms with Crippen LogP contribution in [0.4, 0.5) is 0 Å². The van der Waals surface area contributed by atoms with Gasteiger partial charge in [-0.1, -0.05) is 45.7 Å². The molecule has 2 aromatic rings. The van der Waals surface area contributed by atoms with Crippen molar-refractivity contribution < 1.29 is 19.4 Å². The lowest BCUT2D eigenvalue weighted by Crippen LogP contribution is -2.14. The van der Waals surface area contributed by atoms with Gasteiger partial charge < -0.3 is 9.84 Å². The van der Waals surface area contributed by atoms with E-state index in [0.29, 0.717) is 15.1 Å². The van der Waals surface area contributed by atoms with Crippen LogP contribution in [0.5, 0.6) is 5.75 Å². The Bertz CT molecular complexity index is 700. The summed E-state index contributed by atoms with van der Waals surface area (Å²) in [6.07, 6.45) is 0. The highest BCUT2D eigenvalue weighted by Gasteiger charge is 2.16. The van der Waals surface area contributed by atoms with E-state index in [2.05, 4.69) is 15.9 Å². The Kier molecular flexibility index (Phi) is 4.98. The van der Waals surface area contributed by atoms with Crippen molar-refractivity contribution >= 4 is 39.3 Å². The lowest BCUT2D eigenvalue weighted by molar-refractivity contribution is 0.0471. The third-order valence-corrected chi connectivity index (χ3v) is 3.61. The van der Waals surface area contributed by atoms with Crippen molar-refractivity contribution in [3.05, 3.63) is 63.1 Å². The number of hydrogen-bond donors (Lipinski definition) is 1. The molecular weight excluding hydrogens is 360 g/mol. The summed E-state index contributed by atoms with van der Waals surface area (Å²) in [5.41, 5.74) is 0.380. The molecule has 0 aliphatic carbocycles. The van der Waals surface area contributed by atoms with E-state index in [4.69, 9.17) is 16.3 Å². The molecule has 21 heavy (non-hydrogen) atoms. The maximum Gasteiger partial charge on any atom is 0.342 e. The fourth-order valence-electron chi connectivity index (χ4n) is 1.65. The molecule has 2 rings (SSSR count). The third kappa shape index (κ3) is 3.83. The molecule has 108 valence electrons. The zero-order valence-corrected chi connectivity index (χ0v) is 13.0. The molecule has 0 amide bonds. The molecule has 0 bridgehead atoms. The molecule has 0 saturated heterocycles. The van der Waals surface area contributed by atoms with Crippen LogP contribution < -0.4 is 0 Å². The van der Waals surface area contributed by atoms with E-state index in [1.165, 1.54) is 18.2 Å². The first-order chi connectivity index (χ1) is 9.99. The second kappa shape index (κ2) is 6.74. The second-order valence-electron chi connectivity index (χ2n) is 4.14. The summed E-state index contributed by atoms with van der Waals surface area (Å²) >= 11 is 8.93. The Morgan fingerprint density at radius 2 is 1.86 bits per heavy atom. The maximum absolute atomic E-state index is 11.9. The van der Waals surface area contributed by atoms with Gasteiger partial charge in [0.05, 0.1) is 0 Å². The van der Waals surface area contributed by atoms with Gasteiger partial charge in [-0.2, -0.15) is 0 Å². The third-order valence-electron chi connectivity index (χ3n) is 2.69. The Balaban J connectivity index is 2.04. The second-order valence-corrected chi connectivity index (χ2v) is 5.43. The number of esters is 1. The topological polar surface area (TPSA) is 63.6 Å². The molecule has 6 heteroatoms.